The van der Waals surface area contributed by atoms with Gasteiger partial charge in [-0.25, -0.2) is 9.67 Å². The maximum atomic E-state index is 6.30. The van der Waals surface area contributed by atoms with Crippen LogP contribution in [0.2, 0.25) is 0 Å². The third-order valence-corrected chi connectivity index (χ3v) is 3.77. The number of hydrogen-bond donors (Lipinski definition) is 0. The van der Waals surface area contributed by atoms with E-state index in [1.165, 1.54) is 0 Å². The minimum atomic E-state index is -0.287. The summed E-state index contributed by atoms with van der Waals surface area (Å²) in [5, 5.41) is 4.38. The molecule has 2 aromatic heterocycles. The predicted octanol–water partition coefficient (Wildman–Crippen LogP) is 3.29. The van der Waals surface area contributed by atoms with Gasteiger partial charge in [-0.15, -0.1) is 11.6 Å². The van der Waals surface area contributed by atoms with Gasteiger partial charge < -0.3 is 9.30 Å². The second-order valence-electron chi connectivity index (χ2n) is 5.71. The number of rotatable bonds is 5. The summed E-state index contributed by atoms with van der Waals surface area (Å²) in [7, 11) is 1.72. The van der Waals surface area contributed by atoms with Gasteiger partial charge in [0.25, 0.3) is 0 Å². The molecule has 0 saturated heterocycles. The molecule has 0 aliphatic rings. The molecular weight excluding hydrogens is 276 g/mol. The van der Waals surface area contributed by atoms with Gasteiger partial charge in [0.1, 0.15) is 11.3 Å². The third kappa shape index (κ3) is 2.56. The van der Waals surface area contributed by atoms with Gasteiger partial charge in [-0.3, -0.25) is 0 Å². The molecule has 0 fully saturated rings. The van der Waals surface area contributed by atoms with Crippen LogP contribution in [0.1, 0.15) is 44.6 Å². The Balaban J connectivity index is 2.67. The summed E-state index contributed by atoms with van der Waals surface area (Å²) in [6.07, 6.45) is 0. The highest BCUT2D eigenvalue weighted by atomic mass is 35.5. The first-order valence-corrected chi connectivity index (χ1v) is 7.37. The van der Waals surface area contributed by atoms with E-state index in [0.717, 1.165) is 29.2 Å². The highest BCUT2D eigenvalue weighted by Gasteiger charge is 2.26. The number of ether oxygens (including phenoxy) is 1. The molecule has 2 heterocycles. The molecule has 1 unspecified atom stereocenters. The molecular formula is C14H23ClN4O. The van der Waals surface area contributed by atoms with E-state index in [0.29, 0.717) is 6.54 Å². The average molecular weight is 299 g/mol. The van der Waals surface area contributed by atoms with Crippen molar-refractivity contribution in [1.82, 2.24) is 19.3 Å². The van der Waals surface area contributed by atoms with Crippen molar-refractivity contribution in [1.29, 1.82) is 0 Å². The molecule has 0 saturated carbocycles. The molecule has 0 spiro atoms. The molecule has 112 valence electrons. The van der Waals surface area contributed by atoms with Gasteiger partial charge in [0.05, 0.1) is 23.2 Å². The summed E-state index contributed by atoms with van der Waals surface area (Å²) in [4.78, 5) is 4.69. The fraction of sp³-hybridized carbons (Fsp3) is 0.714. The Kier molecular flexibility index (Phi) is 4.12. The Bertz CT molecular complexity index is 612. The normalized spacial score (nSPS) is 14.2. The molecule has 0 aromatic carbocycles. The highest BCUT2D eigenvalue weighted by Crippen LogP contribution is 2.28. The van der Waals surface area contributed by atoms with E-state index >= 15 is 0 Å². The van der Waals surface area contributed by atoms with Gasteiger partial charge in [-0.2, -0.15) is 5.10 Å². The van der Waals surface area contributed by atoms with E-state index in [1.54, 1.807) is 7.11 Å². The largest absolute Gasteiger partial charge is 0.377 e. The number of hydrogen-bond acceptors (Lipinski definition) is 3. The molecule has 6 heteroatoms. The van der Waals surface area contributed by atoms with Crippen molar-refractivity contribution in [3.8, 4) is 0 Å². The zero-order valence-electron chi connectivity index (χ0n) is 13.1. The lowest BCUT2D eigenvalue weighted by Crippen LogP contribution is -2.30. The number of fused-ring (bicyclic) bond motifs is 1. The van der Waals surface area contributed by atoms with Crippen molar-refractivity contribution in [3.63, 3.8) is 0 Å². The number of alkyl halides is 1. The number of nitrogens with zero attached hydrogens (tertiary/aromatic N) is 4. The second-order valence-corrected chi connectivity index (χ2v) is 6.36. The number of aromatic nitrogens is 4. The van der Waals surface area contributed by atoms with Gasteiger partial charge in [0, 0.05) is 13.7 Å². The van der Waals surface area contributed by atoms with Gasteiger partial charge in [0.2, 0.25) is 0 Å². The third-order valence-electron chi connectivity index (χ3n) is 3.58. The van der Waals surface area contributed by atoms with Gasteiger partial charge in [0.15, 0.2) is 5.65 Å². The number of methoxy groups -OCH3 is 1. The maximum absolute atomic E-state index is 6.30. The molecule has 0 amide bonds. The second kappa shape index (κ2) is 5.37. The van der Waals surface area contributed by atoms with Crippen LogP contribution in [0, 0.1) is 6.92 Å². The monoisotopic (exact) mass is 298 g/mol. The van der Waals surface area contributed by atoms with Crippen molar-refractivity contribution in [2.75, 3.05) is 7.11 Å². The fourth-order valence-corrected chi connectivity index (χ4v) is 2.53. The number of halogens is 1. The van der Waals surface area contributed by atoms with Crippen LogP contribution in [0.25, 0.3) is 11.2 Å². The smallest absolute Gasteiger partial charge is 0.159 e. The van der Waals surface area contributed by atoms with Crippen LogP contribution >= 0.6 is 11.6 Å². The average Bonchev–Trinajstić information content (AvgIpc) is 2.88. The van der Waals surface area contributed by atoms with Crippen molar-refractivity contribution < 1.29 is 4.74 Å². The zero-order valence-corrected chi connectivity index (χ0v) is 13.8. The molecule has 0 radical (unpaired) electrons. The topological polar surface area (TPSA) is 44.9 Å². The summed E-state index contributed by atoms with van der Waals surface area (Å²) >= 11 is 6.30. The Morgan fingerprint density at radius 2 is 2.05 bits per heavy atom. The van der Waals surface area contributed by atoms with Crippen LogP contribution < -0.4 is 0 Å². The van der Waals surface area contributed by atoms with Gasteiger partial charge in [-0.1, -0.05) is 0 Å². The van der Waals surface area contributed by atoms with Crippen LogP contribution in [0.15, 0.2) is 0 Å². The predicted molar refractivity (Wildman–Crippen MR) is 81.3 cm³/mol. The summed E-state index contributed by atoms with van der Waals surface area (Å²) < 4.78 is 9.67. The van der Waals surface area contributed by atoms with E-state index in [9.17, 15) is 0 Å². The van der Waals surface area contributed by atoms with Crippen LogP contribution in [-0.4, -0.2) is 32.0 Å². The van der Waals surface area contributed by atoms with Crippen molar-refractivity contribution in [2.24, 2.45) is 0 Å². The van der Waals surface area contributed by atoms with Gasteiger partial charge >= 0.3 is 0 Å². The van der Waals surface area contributed by atoms with E-state index in [2.05, 4.69) is 30.4 Å². The number of imidazole rings is 1. The molecule has 5 nitrogen and oxygen atoms in total. The fourth-order valence-electron chi connectivity index (χ4n) is 2.37. The van der Waals surface area contributed by atoms with Crippen molar-refractivity contribution in [3.05, 3.63) is 11.5 Å². The Hall–Kier alpha value is -1.07. The highest BCUT2D eigenvalue weighted by molar-refractivity contribution is 6.20. The summed E-state index contributed by atoms with van der Waals surface area (Å²) in [6.45, 7) is 11.6. The summed E-state index contributed by atoms with van der Waals surface area (Å²) in [5.74, 6) is 0.870. The van der Waals surface area contributed by atoms with Gasteiger partial charge in [-0.05, 0) is 34.6 Å². The summed E-state index contributed by atoms with van der Waals surface area (Å²) in [6, 6.07) is 0. The standard InChI is InChI=1S/C14H23ClN4O/c1-7-19-13-11(10(3)17-19)16-12(9(2)15)18(13)8-14(4,5)20-6/h9H,7-8H2,1-6H3. The Labute approximate surface area is 124 Å². The SMILES string of the molecule is CCn1nc(C)c2nc(C(C)Cl)n(CC(C)(C)OC)c21. The van der Waals surface area contributed by atoms with E-state index in [-0.39, 0.29) is 11.0 Å². The maximum Gasteiger partial charge on any atom is 0.159 e. The lowest BCUT2D eigenvalue weighted by Gasteiger charge is -2.25. The Morgan fingerprint density at radius 1 is 1.40 bits per heavy atom. The lowest BCUT2D eigenvalue weighted by molar-refractivity contribution is 0.00818. The van der Waals surface area contributed by atoms with Crippen molar-refractivity contribution >= 4 is 22.8 Å². The molecule has 1 atom stereocenters. The molecule has 0 aliphatic carbocycles. The molecule has 0 aliphatic heterocycles. The molecule has 2 rings (SSSR count). The van der Waals surface area contributed by atoms with Crippen LogP contribution in [0.3, 0.4) is 0 Å². The minimum Gasteiger partial charge on any atom is -0.377 e. The van der Waals surface area contributed by atoms with Crippen LogP contribution in [0.5, 0.6) is 0 Å². The minimum absolute atomic E-state index is 0.153. The zero-order chi connectivity index (χ0) is 15.1. The first kappa shape index (κ1) is 15.3. The summed E-state index contributed by atoms with van der Waals surface area (Å²) in [5.41, 5.74) is 2.61. The van der Waals surface area contributed by atoms with E-state index < -0.39 is 0 Å². The number of aryl methyl sites for hydroxylation is 2. The van der Waals surface area contributed by atoms with Crippen LogP contribution in [0.4, 0.5) is 0 Å². The molecule has 0 bridgehead atoms. The lowest BCUT2D eigenvalue weighted by atomic mass is 10.1. The van der Waals surface area contributed by atoms with E-state index in [4.69, 9.17) is 21.3 Å². The molecule has 20 heavy (non-hydrogen) atoms. The van der Waals surface area contributed by atoms with Crippen molar-refractivity contribution in [2.45, 2.75) is 58.7 Å². The van der Waals surface area contributed by atoms with E-state index in [1.807, 2.05) is 18.5 Å². The first-order chi connectivity index (χ1) is 9.30. The van der Waals surface area contributed by atoms with Crippen LogP contribution in [-0.2, 0) is 17.8 Å². The molecule has 2 aromatic rings. The first-order valence-electron chi connectivity index (χ1n) is 6.93. The quantitative estimate of drug-likeness (QED) is 0.796. The Morgan fingerprint density at radius 3 is 2.55 bits per heavy atom. The molecule has 0 N–H and O–H groups in total.